The lowest BCUT2D eigenvalue weighted by Crippen LogP contribution is -2.56. The van der Waals surface area contributed by atoms with Crippen molar-refractivity contribution in [2.24, 2.45) is 0 Å². The highest BCUT2D eigenvalue weighted by Crippen LogP contribution is 2.46. The quantitative estimate of drug-likeness (QED) is 0.140. The number of unbranched alkanes of at least 4 members (excludes halogenated alkanes) is 9. The summed E-state index contributed by atoms with van der Waals surface area (Å²) in [4.78, 5) is 0. The van der Waals surface area contributed by atoms with Gasteiger partial charge in [0.2, 0.25) is 12.6 Å². The molecule has 0 saturated carbocycles. The molecule has 8 heteroatoms. The number of halogens is 4. The van der Waals surface area contributed by atoms with Crippen LogP contribution in [0.1, 0.15) is 78.1 Å². The molecule has 1 aromatic rings. The van der Waals surface area contributed by atoms with Crippen LogP contribution in [0.3, 0.4) is 0 Å². The van der Waals surface area contributed by atoms with E-state index in [0.717, 1.165) is 23.4 Å². The van der Waals surface area contributed by atoms with Crippen LogP contribution >= 0.6 is 7.14 Å². The summed E-state index contributed by atoms with van der Waals surface area (Å²) in [5, 5.41) is 1.09. The Balaban J connectivity index is 0.000000646. The van der Waals surface area contributed by atoms with Gasteiger partial charge in [-0.2, -0.15) is 4.57 Å². The topological polar surface area (TPSA) is 20.9 Å². The standard InChI is InChI=1S/C19H33NOP.BF4/c1-3-5-6-7-8-9-10-11-12-13-15-20-16-14-18-17-19(20)22(18,21)4-2;2-1(3,4)5/h14,16-17H,3-13,15H2,1-2H3;/q+1;-1. The van der Waals surface area contributed by atoms with E-state index in [2.05, 4.69) is 29.8 Å². The van der Waals surface area contributed by atoms with Crippen molar-refractivity contribution in [2.45, 2.75) is 84.6 Å². The van der Waals surface area contributed by atoms with Crippen molar-refractivity contribution in [1.82, 2.24) is 0 Å². The predicted octanol–water partition coefficient (Wildman–Crippen LogP) is 5.84. The summed E-state index contributed by atoms with van der Waals surface area (Å²) < 4.78 is 53.9. The van der Waals surface area contributed by atoms with Crippen molar-refractivity contribution in [3.05, 3.63) is 18.3 Å². The maximum absolute atomic E-state index is 12.7. The molecule has 27 heavy (non-hydrogen) atoms. The van der Waals surface area contributed by atoms with Gasteiger partial charge in [0.1, 0.15) is 6.54 Å². The van der Waals surface area contributed by atoms with Gasteiger partial charge in [-0.15, -0.1) is 0 Å². The Morgan fingerprint density at radius 3 is 1.81 bits per heavy atom. The summed E-state index contributed by atoms with van der Waals surface area (Å²) in [6.45, 7) is 5.36. The Hall–Kier alpha value is -0.835. The number of hydrogen-bond donors (Lipinski definition) is 0. The third-order valence-electron chi connectivity index (χ3n) is 4.98. The lowest BCUT2D eigenvalue weighted by molar-refractivity contribution is -0.680. The molecule has 0 amide bonds. The third-order valence-corrected chi connectivity index (χ3v) is 8.11. The Morgan fingerprint density at radius 2 is 1.37 bits per heavy atom. The molecular weight excluding hydrogens is 376 g/mol. The summed E-state index contributed by atoms with van der Waals surface area (Å²) >= 11 is 0. The molecule has 0 N–H and O–H groups in total. The Bertz CT molecular complexity index is 600. The summed E-state index contributed by atoms with van der Waals surface area (Å²) in [5.74, 6) is 0. The first-order valence-corrected chi connectivity index (χ1v) is 12.1. The summed E-state index contributed by atoms with van der Waals surface area (Å²) in [7, 11) is -8.11. The van der Waals surface area contributed by atoms with Crippen LogP contribution in [0.5, 0.6) is 0 Å². The van der Waals surface area contributed by atoms with Crippen LogP contribution in [0.25, 0.3) is 0 Å². The Labute approximate surface area is 161 Å². The van der Waals surface area contributed by atoms with Gasteiger partial charge >= 0.3 is 7.25 Å². The average molecular weight is 409 g/mol. The monoisotopic (exact) mass is 409 g/mol. The van der Waals surface area contributed by atoms with Gasteiger partial charge in [-0.3, -0.25) is 0 Å². The molecule has 0 spiro atoms. The van der Waals surface area contributed by atoms with E-state index >= 15 is 0 Å². The highest BCUT2D eigenvalue weighted by Gasteiger charge is 2.43. The van der Waals surface area contributed by atoms with E-state index in [1.54, 1.807) is 0 Å². The second-order valence-corrected chi connectivity index (χ2v) is 10.3. The minimum atomic E-state index is -6.00. The van der Waals surface area contributed by atoms with E-state index in [-0.39, 0.29) is 0 Å². The van der Waals surface area contributed by atoms with Crippen LogP contribution in [0.15, 0.2) is 18.3 Å². The molecular formula is C19H33BF4NOP. The van der Waals surface area contributed by atoms with Crippen LogP contribution in [0, 0.1) is 0 Å². The lowest BCUT2D eigenvalue weighted by Gasteiger charge is -2.23. The first kappa shape index (κ1) is 24.2. The van der Waals surface area contributed by atoms with Crippen LogP contribution in [0.2, 0.25) is 0 Å². The summed E-state index contributed by atoms with van der Waals surface area (Å²) in [5.41, 5.74) is 1.11. The number of aryl methyl sites for hydroxylation is 1. The predicted molar refractivity (Wildman–Crippen MR) is 106 cm³/mol. The molecule has 0 saturated heterocycles. The summed E-state index contributed by atoms with van der Waals surface area (Å²) in [6.07, 6.45) is 16.6. The first-order valence-electron chi connectivity index (χ1n) is 10.2. The fourth-order valence-corrected chi connectivity index (χ4v) is 5.73. The van der Waals surface area contributed by atoms with Crippen molar-refractivity contribution < 1.29 is 26.4 Å². The highest BCUT2D eigenvalue weighted by atomic mass is 31.2. The van der Waals surface area contributed by atoms with E-state index in [4.69, 9.17) is 0 Å². The van der Waals surface area contributed by atoms with Crippen LogP contribution in [-0.4, -0.2) is 13.4 Å². The van der Waals surface area contributed by atoms with Gasteiger partial charge in [0.25, 0.3) is 0 Å². The maximum atomic E-state index is 12.7. The van der Waals surface area contributed by atoms with Gasteiger partial charge in [0.05, 0.1) is 0 Å². The van der Waals surface area contributed by atoms with Crippen molar-refractivity contribution >= 4 is 25.1 Å². The Morgan fingerprint density at radius 1 is 0.889 bits per heavy atom. The van der Waals surface area contributed by atoms with Crippen molar-refractivity contribution in [3.8, 4) is 0 Å². The summed E-state index contributed by atoms with van der Waals surface area (Å²) in [6, 6.07) is 4.19. The van der Waals surface area contributed by atoms with Gasteiger partial charge in [0, 0.05) is 30.0 Å². The van der Waals surface area contributed by atoms with E-state index in [1.807, 2.05) is 6.92 Å². The lowest BCUT2D eigenvalue weighted by atomic mass is 10.1. The molecule has 0 aliphatic carbocycles. The second kappa shape index (κ2) is 11.9. The molecule has 0 fully saturated rings. The molecule has 0 radical (unpaired) electrons. The zero-order valence-electron chi connectivity index (χ0n) is 16.6. The third kappa shape index (κ3) is 8.80. The van der Waals surface area contributed by atoms with E-state index in [9.17, 15) is 21.8 Å². The number of fused-ring (bicyclic) bond motifs is 2. The van der Waals surface area contributed by atoms with Gasteiger partial charge in [-0.25, -0.2) is 0 Å². The number of pyridine rings is 1. The van der Waals surface area contributed by atoms with Crippen molar-refractivity contribution in [3.63, 3.8) is 0 Å². The number of rotatable bonds is 12. The molecule has 3 heterocycles. The molecule has 1 atom stereocenters. The van der Waals surface area contributed by atoms with Gasteiger partial charge in [0.15, 0.2) is 6.20 Å². The fraction of sp³-hybridized carbons (Fsp3) is 0.737. The molecule has 1 aromatic heterocycles. The number of hydrogen-bond acceptors (Lipinski definition) is 1. The molecule has 0 aromatic carbocycles. The second-order valence-electron chi connectivity index (χ2n) is 7.17. The highest BCUT2D eigenvalue weighted by molar-refractivity contribution is 7.80. The Kier molecular flexibility index (Phi) is 10.7. The number of nitrogens with zero attached hydrogens (tertiary/aromatic N) is 1. The van der Waals surface area contributed by atoms with Gasteiger partial charge < -0.3 is 21.8 Å². The van der Waals surface area contributed by atoms with Crippen LogP contribution in [0.4, 0.5) is 17.3 Å². The van der Waals surface area contributed by atoms with Crippen LogP contribution in [-0.2, 0) is 11.1 Å². The molecule has 3 rings (SSSR count). The minimum absolute atomic E-state index is 0.785. The van der Waals surface area contributed by atoms with E-state index < -0.39 is 14.4 Å². The molecule has 2 bridgehead atoms. The van der Waals surface area contributed by atoms with E-state index in [1.165, 1.54) is 64.2 Å². The van der Waals surface area contributed by atoms with Crippen molar-refractivity contribution in [2.75, 3.05) is 6.16 Å². The minimum Gasteiger partial charge on any atom is -0.418 e. The zero-order chi connectivity index (χ0) is 20.3. The molecule has 2 aliphatic heterocycles. The number of aromatic nitrogens is 1. The van der Waals surface area contributed by atoms with Crippen molar-refractivity contribution in [1.29, 1.82) is 0 Å². The van der Waals surface area contributed by atoms with Gasteiger partial charge in [-0.1, -0.05) is 65.2 Å². The molecule has 156 valence electrons. The maximum Gasteiger partial charge on any atom is 0.673 e. The van der Waals surface area contributed by atoms with Gasteiger partial charge in [-0.05, 0) is 6.42 Å². The fourth-order valence-electron chi connectivity index (χ4n) is 3.41. The first-order chi connectivity index (χ1) is 12.7. The molecule has 2 aliphatic rings. The van der Waals surface area contributed by atoms with E-state index in [0.29, 0.717) is 0 Å². The smallest absolute Gasteiger partial charge is 0.418 e. The molecule has 1 unspecified atom stereocenters. The normalized spacial score (nSPS) is 17.9. The zero-order valence-corrected chi connectivity index (χ0v) is 17.5. The van der Waals surface area contributed by atoms with Crippen LogP contribution < -0.4 is 15.3 Å². The SMILES string of the molecule is CCCCCCCCCCCC[n+]1ccc2cc1P2(=O)CC.F[B-](F)(F)F. The molecule has 2 nitrogen and oxygen atoms in total. The largest absolute Gasteiger partial charge is 0.673 e. The average Bonchev–Trinajstić information content (AvgIpc) is 2.61.